The molecule has 1 aliphatic rings. The molecule has 7 heteroatoms. The fourth-order valence-electron chi connectivity index (χ4n) is 3.00. The highest BCUT2D eigenvalue weighted by molar-refractivity contribution is 9.11. The minimum absolute atomic E-state index is 0.0762. The van der Waals surface area contributed by atoms with Gasteiger partial charge in [0, 0.05) is 10.5 Å². The Morgan fingerprint density at radius 3 is 1.97 bits per heavy atom. The normalized spacial score (nSPS) is 24.0. The van der Waals surface area contributed by atoms with Gasteiger partial charge in [-0.25, -0.2) is 0 Å². The zero-order valence-electron chi connectivity index (χ0n) is 20.7. The molecule has 4 nitrogen and oxygen atoms in total. The first-order chi connectivity index (χ1) is 12.8. The minimum Gasteiger partial charge on any atom is -0.413 e. The Bertz CT molecular complexity index is 621. The molecule has 170 valence electrons. The van der Waals surface area contributed by atoms with E-state index >= 15 is 0 Å². The number of carbonyl (C=O) groups is 1. The third-order valence-corrected chi connectivity index (χ3v) is 16.7. The summed E-state index contributed by atoms with van der Waals surface area (Å²) in [7, 11) is -3.69. The molecule has 0 aromatic rings. The first-order valence-corrected chi connectivity index (χ1v) is 17.4. The van der Waals surface area contributed by atoms with Gasteiger partial charge in [0.1, 0.15) is 0 Å². The lowest BCUT2D eigenvalue weighted by molar-refractivity contribution is -0.141. The Kier molecular flexibility index (Phi) is 8.65. The van der Waals surface area contributed by atoms with Crippen molar-refractivity contribution < 1.29 is 13.6 Å². The molecule has 29 heavy (non-hydrogen) atoms. The van der Waals surface area contributed by atoms with E-state index in [0.29, 0.717) is 6.61 Å². The molecule has 0 unspecified atom stereocenters. The Hall–Kier alpha value is 0.0438. The van der Waals surface area contributed by atoms with Gasteiger partial charge in [0.05, 0.1) is 18.6 Å². The third-order valence-electron chi connectivity index (χ3n) is 7.18. The molecule has 0 aliphatic carbocycles. The molecule has 0 spiro atoms. The maximum Gasteiger partial charge on any atom is 0.228 e. The van der Waals surface area contributed by atoms with Gasteiger partial charge in [-0.1, -0.05) is 70.5 Å². The van der Waals surface area contributed by atoms with Crippen LogP contribution in [0.4, 0.5) is 0 Å². The van der Waals surface area contributed by atoms with Crippen molar-refractivity contribution in [2.45, 2.75) is 104 Å². The Labute approximate surface area is 190 Å². The third kappa shape index (κ3) is 6.76. The molecule has 1 rings (SSSR count). The van der Waals surface area contributed by atoms with Crippen LogP contribution < -0.4 is 5.32 Å². The fraction of sp³-hybridized carbons (Fsp3) is 0.864. The van der Waals surface area contributed by atoms with E-state index < -0.39 is 16.6 Å². The highest BCUT2D eigenvalue weighted by atomic mass is 79.9. The molecule has 0 aromatic heterocycles. The number of halogens is 1. The molecular formula is C22H44BrNO3Si2. The average molecular weight is 507 g/mol. The summed E-state index contributed by atoms with van der Waals surface area (Å²) in [4.78, 5) is 12.3. The molecule has 1 amide bonds. The Balaban J connectivity index is 2.78. The number of carbonyl (C=O) groups excluding carboxylic acids is 1. The van der Waals surface area contributed by atoms with Crippen LogP contribution in [-0.4, -0.2) is 41.3 Å². The maximum absolute atomic E-state index is 12.3. The van der Waals surface area contributed by atoms with Crippen LogP contribution in [0.5, 0.6) is 0 Å². The van der Waals surface area contributed by atoms with Crippen molar-refractivity contribution in [2.24, 2.45) is 11.8 Å². The molecule has 0 bridgehead atoms. The summed E-state index contributed by atoms with van der Waals surface area (Å²) in [5, 5.41) is 3.42. The predicted molar refractivity (Wildman–Crippen MR) is 132 cm³/mol. The van der Waals surface area contributed by atoms with Crippen LogP contribution in [0.25, 0.3) is 0 Å². The molecule has 0 saturated carbocycles. The van der Waals surface area contributed by atoms with Crippen LogP contribution in [0.1, 0.15) is 55.4 Å². The minimum atomic E-state index is -1.91. The van der Waals surface area contributed by atoms with E-state index in [1.54, 1.807) is 0 Å². The van der Waals surface area contributed by atoms with E-state index in [1.807, 2.05) is 0 Å². The number of rotatable bonds is 8. The van der Waals surface area contributed by atoms with E-state index in [-0.39, 0.29) is 40.0 Å². The lowest BCUT2D eigenvalue weighted by Crippen LogP contribution is -2.65. The molecule has 1 heterocycles. The fourth-order valence-corrected chi connectivity index (χ4v) is 6.12. The predicted octanol–water partition coefficient (Wildman–Crippen LogP) is 6.45. The van der Waals surface area contributed by atoms with Crippen molar-refractivity contribution in [3.8, 4) is 0 Å². The van der Waals surface area contributed by atoms with Crippen molar-refractivity contribution in [1.29, 1.82) is 0 Å². The number of β-lactam (4-membered cyclic amide) rings is 1. The molecule has 1 saturated heterocycles. The van der Waals surface area contributed by atoms with Gasteiger partial charge in [-0.15, -0.1) is 0 Å². The number of hydrogen-bond acceptors (Lipinski definition) is 3. The van der Waals surface area contributed by atoms with Gasteiger partial charge >= 0.3 is 0 Å². The number of hydrogen-bond donors (Lipinski definition) is 1. The Morgan fingerprint density at radius 2 is 1.55 bits per heavy atom. The zero-order valence-corrected chi connectivity index (χ0v) is 24.3. The second kappa shape index (κ2) is 9.27. The molecule has 4 atom stereocenters. The quantitative estimate of drug-likeness (QED) is 0.304. The molecule has 1 N–H and O–H groups in total. The van der Waals surface area contributed by atoms with Gasteiger partial charge in [0.15, 0.2) is 16.6 Å². The van der Waals surface area contributed by atoms with Crippen LogP contribution in [0.15, 0.2) is 10.6 Å². The number of nitrogens with one attached hydrogen (secondary N) is 1. The second-order valence-corrected chi connectivity index (χ2v) is 22.2. The molecule has 1 fully saturated rings. The van der Waals surface area contributed by atoms with Crippen LogP contribution in [0, 0.1) is 11.8 Å². The summed E-state index contributed by atoms with van der Waals surface area (Å²) < 4.78 is 13.9. The van der Waals surface area contributed by atoms with Crippen LogP contribution in [0.2, 0.25) is 36.3 Å². The Morgan fingerprint density at radius 1 is 1.07 bits per heavy atom. The van der Waals surface area contributed by atoms with Gasteiger partial charge in [0.2, 0.25) is 5.91 Å². The smallest absolute Gasteiger partial charge is 0.228 e. The summed E-state index contributed by atoms with van der Waals surface area (Å²) in [6, 6.07) is 0.0997. The highest BCUT2D eigenvalue weighted by Crippen LogP contribution is 2.40. The lowest BCUT2D eigenvalue weighted by Gasteiger charge is -2.47. The maximum atomic E-state index is 12.3. The van der Waals surface area contributed by atoms with E-state index in [4.69, 9.17) is 8.85 Å². The van der Waals surface area contributed by atoms with Crippen molar-refractivity contribution in [1.82, 2.24) is 5.32 Å². The van der Waals surface area contributed by atoms with Gasteiger partial charge in [-0.05, 0) is 49.1 Å². The molecular weight excluding hydrogens is 462 g/mol. The topological polar surface area (TPSA) is 47.6 Å². The monoisotopic (exact) mass is 505 g/mol. The molecule has 1 aliphatic heterocycles. The van der Waals surface area contributed by atoms with Gasteiger partial charge < -0.3 is 14.2 Å². The van der Waals surface area contributed by atoms with E-state index in [0.717, 1.165) is 4.48 Å². The largest absolute Gasteiger partial charge is 0.413 e. The van der Waals surface area contributed by atoms with E-state index in [2.05, 4.69) is 109 Å². The summed E-state index contributed by atoms with van der Waals surface area (Å²) >= 11 is 3.69. The van der Waals surface area contributed by atoms with Crippen LogP contribution in [-0.2, 0) is 13.6 Å². The first kappa shape index (κ1) is 27.1. The van der Waals surface area contributed by atoms with Crippen LogP contribution in [0.3, 0.4) is 0 Å². The van der Waals surface area contributed by atoms with Gasteiger partial charge in [-0.2, -0.15) is 0 Å². The number of amides is 1. The summed E-state index contributed by atoms with van der Waals surface area (Å²) in [5.74, 6) is 0.215. The van der Waals surface area contributed by atoms with Crippen molar-refractivity contribution in [2.75, 3.05) is 6.61 Å². The summed E-state index contributed by atoms with van der Waals surface area (Å²) in [5.41, 5.74) is 0. The van der Waals surface area contributed by atoms with Gasteiger partial charge in [0.25, 0.3) is 0 Å². The van der Waals surface area contributed by atoms with Crippen LogP contribution >= 0.6 is 15.9 Å². The zero-order chi connectivity index (χ0) is 23.0. The molecule has 0 radical (unpaired) electrons. The van der Waals surface area contributed by atoms with Crippen molar-refractivity contribution >= 4 is 38.5 Å². The van der Waals surface area contributed by atoms with E-state index in [9.17, 15) is 4.79 Å². The van der Waals surface area contributed by atoms with Crippen molar-refractivity contribution in [3.63, 3.8) is 0 Å². The average Bonchev–Trinajstić information content (AvgIpc) is 2.47. The lowest BCUT2D eigenvalue weighted by atomic mass is 9.79. The summed E-state index contributed by atoms with van der Waals surface area (Å²) in [6.07, 6.45) is 2.11. The van der Waals surface area contributed by atoms with Crippen molar-refractivity contribution in [3.05, 3.63) is 10.6 Å². The van der Waals surface area contributed by atoms with Gasteiger partial charge in [-0.3, -0.25) is 4.79 Å². The highest BCUT2D eigenvalue weighted by Gasteiger charge is 2.48. The summed E-state index contributed by atoms with van der Waals surface area (Å²) in [6.45, 7) is 27.2. The standard InChI is InChI=1S/C22H44BrNO3Si2/c1-15(13-17(23)14-26-28(9,10)21(3,4)5)19-18(20(25)24-19)16(2)27-29(11,12)22(6,7)8/h13,15-16,18-19H,14H2,1-12H3,(H,24,25)/b17-13-/t15-,16+,18+,19+/m0/s1. The van der Waals surface area contributed by atoms with E-state index in [1.165, 1.54) is 0 Å². The SMILES string of the molecule is C[C@@H](/C=C(\Br)CO[Si](C)(C)C(C)(C)C)[C@H]1NC(=O)[C@@H]1[C@@H](C)O[Si](C)(C)C(C)(C)C. The first-order valence-electron chi connectivity index (χ1n) is 10.8. The second-order valence-electron chi connectivity index (χ2n) is 11.7. The molecule has 0 aromatic carbocycles.